The summed E-state index contributed by atoms with van der Waals surface area (Å²) in [6.45, 7) is 0.514. The van der Waals surface area contributed by atoms with Crippen molar-refractivity contribution in [1.29, 1.82) is 0 Å². The topological polar surface area (TPSA) is 52.4 Å². The lowest BCUT2D eigenvalue weighted by molar-refractivity contribution is -0.400. The van der Waals surface area contributed by atoms with E-state index in [1.807, 2.05) is 18.2 Å². The van der Waals surface area contributed by atoms with Crippen LogP contribution in [0.2, 0.25) is 0 Å². The van der Waals surface area contributed by atoms with Gasteiger partial charge in [0.1, 0.15) is 0 Å². The van der Waals surface area contributed by atoms with Crippen LogP contribution >= 0.6 is 0 Å². The molecule has 4 heteroatoms. The van der Waals surface area contributed by atoms with Crippen LogP contribution < -0.4 is 0 Å². The summed E-state index contributed by atoms with van der Waals surface area (Å²) >= 11 is 0. The zero-order valence-electron chi connectivity index (χ0n) is 7.84. The number of benzene rings is 1. The van der Waals surface area contributed by atoms with Crippen molar-refractivity contribution in [2.45, 2.75) is 6.61 Å². The molecule has 0 bridgehead atoms. The smallest absolute Gasteiger partial charge is 0.235 e. The summed E-state index contributed by atoms with van der Waals surface area (Å²) in [6.07, 6.45) is 2.38. The van der Waals surface area contributed by atoms with Crippen molar-refractivity contribution in [2.24, 2.45) is 0 Å². The summed E-state index contributed by atoms with van der Waals surface area (Å²) in [7, 11) is 1.61. The van der Waals surface area contributed by atoms with Crippen LogP contribution in [-0.4, -0.2) is 12.0 Å². The van der Waals surface area contributed by atoms with E-state index in [9.17, 15) is 10.1 Å². The SMILES string of the molecule is COCc1cccc(C=C[N+](=O)[O-])c1. The number of nitro groups is 1. The average molecular weight is 193 g/mol. The van der Waals surface area contributed by atoms with Crippen LogP contribution in [0.3, 0.4) is 0 Å². The van der Waals surface area contributed by atoms with E-state index in [0.717, 1.165) is 17.3 Å². The van der Waals surface area contributed by atoms with E-state index >= 15 is 0 Å². The van der Waals surface area contributed by atoms with Gasteiger partial charge in [-0.1, -0.05) is 18.2 Å². The molecule has 0 N–H and O–H groups in total. The third-order valence-corrected chi connectivity index (χ3v) is 1.65. The van der Waals surface area contributed by atoms with E-state index in [-0.39, 0.29) is 0 Å². The fraction of sp³-hybridized carbons (Fsp3) is 0.200. The van der Waals surface area contributed by atoms with Crippen molar-refractivity contribution in [3.05, 3.63) is 51.7 Å². The first kappa shape index (κ1) is 10.4. The highest BCUT2D eigenvalue weighted by atomic mass is 16.6. The minimum absolute atomic E-state index is 0.483. The quantitative estimate of drug-likeness (QED) is 0.543. The van der Waals surface area contributed by atoms with Crippen LogP contribution in [-0.2, 0) is 11.3 Å². The summed E-state index contributed by atoms with van der Waals surface area (Å²) in [6, 6.07) is 7.41. The molecule has 0 aliphatic heterocycles. The Morgan fingerprint density at radius 1 is 1.57 bits per heavy atom. The van der Waals surface area contributed by atoms with E-state index in [1.165, 1.54) is 6.08 Å². The van der Waals surface area contributed by atoms with Gasteiger partial charge in [0.2, 0.25) is 6.20 Å². The zero-order valence-corrected chi connectivity index (χ0v) is 7.84. The number of methoxy groups -OCH3 is 1. The molecule has 0 aliphatic rings. The maximum absolute atomic E-state index is 10.1. The third-order valence-electron chi connectivity index (χ3n) is 1.65. The van der Waals surface area contributed by atoms with Crippen molar-refractivity contribution < 1.29 is 9.66 Å². The zero-order chi connectivity index (χ0) is 10.4. The Balaban J connectivity index is 2.77. The molecule has 0 unspecified atom stereocenters. The Labute approximate surface area is 82.0 Å². The van der Waals surface area contributed by atoms with E-state index in [1.54, 1.807) is 13.2 Å². The van der Waals surface area contributed by atoms with Gasteiger partial charge in [-0.05, 0) is 17.2 Å². The Morgan fingerprint density at radius 3 is 3.00 bits per heavy atom. The van der Waals surface area contributed by atoms with Crippen LogP contribution in [0.25, 0.3) is 6.08 Å². The van der Waals surface area contributed by atoms with E-state index < -0.39 is 4.92 Å². The number of hydrogen-bond acceptors (Lipinski definition) is 3. The summed E-state index contributed by atoms with van der Waals surface area (Å²) in [5.74, 6) is 0. The van der Waals surface area contributed by atoms with Gasteiger partial charge in [-0.3, -0.25) is 10.1 Å². The highest BCUT2D eigenvalue weighted by Crippen LogP contribution is 2.07. The summed E-state index contributed by atoms with van der Waals surface area (Å²) < 4.78 is 4.95. The van der Waals surface area contributed by atoms with Crippen molar-refractivity contribution in [3.8, 4) is 0 Å². The second-order valence-corrected chi connectivity index (χ2v) is 2.78. The highest BCUT2D eigenvalue weighted by Gasteiger charge is 1.94. The Hall–Kier alpha value is -1.68. The minimum Gasteiger partial charge on any atom is -0.380 e. The monoisotopic (exact) mass is 193 g/mol. The standard InChI is InChI=1S/C10H11NO3/c1-14-8-10-4-2-3-9(7-10)5-6-11(12)13/h2-7H,8H2,1H3. The lowest BCUT2D eigenvalue weighted by Crippen LogP contribution is -1.88. The molecule has 1 rings (SSSR count). The molecule has 0 amide bonds. The number of hydrogen-bond donors (Lipinski definition) is 0. The first-order chi connectivity index (χ1) is 6.72. The molecule has 1 aromatic rings. The van der Waals surface area contributed by atoms with E-state index in [4.69, 9.17) is 4.74 Å². The molecular formula is C10H11NO3. The van der Waals surface area contributed by atoms with Crippen molar-refractivity contribution in [1.82, 2.24) is 0 Å². The minimum atomic E-state index is -0.483. The number of ether oxygens (including phenoxy) is 1. The molecule has 1 aromatic carbocycles. The summed E-state index contributed by atoms with van der Waals surface area (Å²) in [5.41, 5.74) is 1.80. The predicted molar refractivity (Wildman–Crippen MR) is 53.2 cm³/mol. The van der Waals surface area contributed by atoms with Gasteiger partial charge in [-0.15, -0.1) is 0 Å². The van der Waals surface area contributed by atoms with Gasteiger partial charge in [0.05, 0.1) is 11.5 Å². The fourth-order valence-electron chi connectivity index (χ4n) is 1.10. The number of rotatable bonds is 4. The highest BCUT2D eigenvalue weighted by molar-refractivity contribution is 5.48. The average Bonchev–Trinajstić information content (AvgIpc) is 2.16. The molecule has 0 saturated carbocycles. The first-order valence-electron chi connectivity index (χ1n) is 4.12. The van der Waals surface area contributed by atoms with Crippen LogP contribution in [0, 0.1) is 10.1 Å². The molecule has 74 valence electrons. The van der Waals surface area contributed by atoms with Gasteiger partial charge in [-0.25, -0.2) is 0 Å². The van der Waals surface area contributed by atoms with Crippen molar-refractivity contribution >= 4 is 6.08 Å². The Kier molecular flexibility index (Phi) is 3.82. The third kappa shape index (κ3) is 3.37. The van der Waals surface area contributed by atoms with Crippen molar-refractivity contribution in [2.75, 3.05) is 7.11 Å². The van der Waals surface area contributed by atoms with Crippen LogP contribution in [0.4, 0.5) is 0 Å². The first-order valence-corrected chi connectivity index (χ1v) is 4.12. The molecule has 0 spiro atoms. The van der Waals surface area contributed by atoms with Gasteiger partial charge in [0.15, 0.2) is 0 Å². The fourth-order valence-corrected chi connectivity index (χ4v) is 1.10. The van der Waals surface area contributed by atoms with Crippen molar-refractivity contribution in [3.63, 3.8) is 0 Å². The number of nitrogens with zero attached hydrogens (tertiary/aromatic N) is 1. The second kappa shape index (κ2) is 5.14. The van der Waals surface area contributed by atoms with Gasteiger partial charge in [0.25, 0.3) is 0 Å². The van der Waals surface area contributed by atoms with Gasteiger partial charge < -0.3 is 4.74 Å². The largest absolute Gasteiger partial charge is 0.380 e. The molecule has 0 saturated heterocycles. The lowest BCUT2D eigenvalue weighted by Gasteiger charge is -1.99. The Morgan fingerprint density at radius 2 is 2.36 bits per heavy atom. The Bertz CT molecular complexity index is 347. The van der Waals surface area contributed by atoms with E-state index in [0.29, 0.717) is 6.61 Å². The van der Waals surface area contributed by atoms with Gasteiger partial charge in [-0.2, -0.15) is 0 Å². The molecule has 0 fully saturated rings. The predicted octanol–water partition coefficient (Wildman–Crippen LogP) is 2.08. The van der Waals surface area contributed by atoms with Crippen LogP contribution in [0.15, 0.2) is 30.5 Å². The van der Waals surface area contributed by atoms with E-state index in [2.05, 4.69) is 0 Å². The summed E-state index contributed by atoms with van der Waals surface area (Å²) in [4.78, 5) is 9.59. The molecule has 14 heavy (non-hydrogen) atoms. The maximum Gasteiger partial charge on any atom is 0.235 e. The summed E-state index contributed by atoms with van der Waals surface area (Å²) in [5, 5.41) is 10.1. The molecular weight excluding hydrogens is 182 g/mol. The molecule has 0 radical (unpaired) electrons. The molecule has 0 heterocycles. The van der Waals surface area contributed by atoms with Gasteiger partial charge in [0, 0.05) is 13.2 Å². The maximum atomic E-state index is 10.1. The molecule has 0 aliphatic carbocycles. The molecule has 0 atom stereocenters. The molecule has 0 aromatic heterocycles. The van der Waals surface area contributed by atoms with Crippen LogP contribution in [0.5, 0.6) is 0 Å². The lowest BCUT2D eigenvalue weighted by atomic mass is 10.1. The molecule has 4 nitrogen and oxygen atoms in total. The second-order valence-electron chi connectivity index (χ2n) is 2.78. The van der Waals surface area contributed by atoms with Crippen LogP contribution in [0.1, 0.15) is 11.1 Å². The van der Waals surface area contributed by atoms with Gasteiger partial charge >= 0.3 is 0 Å². The normalized spacial score (nSPS) is 10.6.